The van der Waals surface area contributed by atoms with E-state index >= 15 is 0 Å². The molecule has 1 atom stereocenters. The number of rotatable bonds is 3. The van der Waals surface area contributed by atoms with Crippen molar-refractivity contribution in [3.63, 3.8) is 0 Å². The topological polar surface area (TPSA) is 72.2 Å². The van der Waals surface area contributed by atoms with Gasteiger partial charge in [-0.1, -0.05) is 19.9 Å². The summed E-state index contributed by atoms with van der Waals surface area (Å²) in [6, 6.07) is 3.54. The van der Waals surface area contributed by atoms with Gasteiger partial charge < -0.3 is 9.73 Å². The van der Waals surface area contributed by atoms with Crippen molar-refractivity contribution in [3.05, 3.63) is 52.7 Å². The average Bonchev–Trinajstić information content (AvgIpc) is 2.83. The van der Waals surface area contributed by atoms with Crippen LogP contribution in [0.1, 0.15) is 71.0 Å². The second-order valence-corrected chi connectivity index (χ2v) is 7.28. The molecule has 0 spiro atoms. The third-order valence-electron chi connectivity index (χ3n) is 4.51. The summed E-state index contributed by atoms with van der Waals surface area (Å²) < 4.78 is 5.79. The zero-order chi connectivity index (χ0) is 17.5. The molecule has 0 bridgehead atoms. The van der Waals surface area contributed by atoms with E-state index in [0.717, 1.165) is 5.56 Å². The zero-order valence-corrected chi connectivity index (χ0v) is 14.5. The van der Waals surface area contributed by atoms with Crippen molar-refractivity contribution in [2.75, 3.05) is 0 Å². The Kier molecular flexibility index (Phi) is 4.03. The van der Waals surface area contributed by atoms with Crippen LogP contribution in [0.4, 0.5) is 0 Å². The first kappa shape index (κ1) is 16.4. The Bertz CT molecular complexity index is 790. The predicted octanol–water partition coefficient (Wildman–Crippen LogP) is 3.63. The first-order valence-corrected chi connectivity index (χ1v) is 8.15. The number of aromatic nitrogens is 1. The number of hydrogen-bond acceptors (Lipinski definition) is 4. The maximum atomic E-state index is 12.6. The molecule has 1 N–H and O–H groups in total. The fourth-order valence-electron chi connectivity index (χ4n) is 3.28. The lowest BCUT2D eigenvalue weighted by Gasteiger charge is -2.27. The van der Waals surface area contributed by atoms with Crippen LogP contribution in [0, 0.1) is 12.3 Å². The molecule has 24 heavy (non-hydrogen) atoms. The number of carbonyl (C=O) groups is 2. The summed E-state index contributed by atoms with van der Waals surface area (Å²) in [5, 5.41) is 2.91. The van der Waals surface area contributed by atoms with Crippen molar-refractivity contribution in [3.8, 4) is 0 Å². The number of carbonyl (C=O) groups excluding carboxylic acids is 2. The van der Waals surface area contributed by atoms with Gasteiger partial charge in [0.05, 0.1) is 11.6 Å². The third-order valence-corrected chi connectivity index (χ3v) is 4.51. The van der Waals surface area contributed by atoms with Crippen LogP contribution >= 0.6 is 0 Å². The van der Waals surface area contributed by atoms with E-state index < -0.39 is 0 Å². The Morgan fingerprint density at radius 3 is 2.79 bits per heavy atom. The van der Waals surface area contributed by atoms with Gasteiger partial charge in [0, 0.05) is 30.8 Å². The number of ketones is 1. The summed E-state index contributed by atoms with van der Waals surface area (Å²) in [6.07, 6.45) is 4.56. The summed E-state index contributed by atoms with van der Waals surface area (Å²) >= 11 is 0. The normalized spacial score (nSPS) is 17.2. The molecule has 0 saturated carbocycles. The van der Waals surface area contributed by atoms with E-state index in [1.165, 1.54) is 0 Å². The average molecular weight is 326 g/mol. The largest absolute Gasteiger partial charge is 0.455 e. The molecule has 1 aliphatic rings. The summed E-state index contributed by atoms with van der Waals surface area (Å²) in [6.45, 7) is 7.75. The number of fused-ring (bicyclic) bond motifs is 1. The number of furan rings is 1. The van der Waals surface area contributed by atoms with Crippen LogP contribution in [0.5, 0.6) is 0 Å². The second kappa shape index (κ2) is 5.89. The van der Waals surface area contributed by atoms with Gasteiger partial charge in [-0.3, -0.25) is 14.6 Å². The molecule has 5 heteroatoms. The zero-order valence-electron chi connectivity index (χ0n) is 14.5. The van der Waals surface area contributed by atoms with Gasteiger partial charge in [0.1, 0.15) is 5.76 Å². The van der Waals surface area contributed by atoms with Crippen LogP contribution < -0.4 is 5.32 Å². The van der Waals surface area contributed by atoms with E-state index in [4.69, 9.17) is 4.42 Å². The van der Waals surface area contributed by atoms with Gasteiger partial charge in [-0.25, -0.2) is 0 Å². The van der Waals surface area contributed by atoms with E-state index in [1.807, 2.05) is 32.9 Å². The van der Waals surface area contributed by atoms with Crippen LogP contribution in [0.25, 0.3) is 0 Å². The third kappa shape index (κ3) is 2.98. The van der Waals surface area contributed by atoms with Crippen molar-refractivity contribution >= 4 is 11.7 Å². The minimum atomic E-state index is -0.302. The fourth-order valence-corrected chi connectivity index (χ4v) is 3.28. The molecule has 1 amide bonds. The molecule has 0 fully saturated rings. The van der Waals surface area contributed by atoms with Crippen molar-refractivity contribution in [1.29, 1.82) is 0 Å². The lowest BCUT2D eigenvalue weighted by molar-refractivity contribution is 0.0883. The van der Waals surface area contributed by atoms with Gasteiger partial charge in [-0.05, 0) is 30.9 Å². The Morgan fingerprint density at radius 2 is 2.12 bits per heavy atom. The van der Waals surface area contributed by atoms with Crippen molar-refractivity contribution in [1.82, 2.24) is 10.3 Å². The first-order valence-electron chi connectivity index (χ1n) is 8.15. The quantitative estimate of drug-likeness (QED) is 0.935. The highest BCUT2D eigenvalue weighted by Crippen LogP contribution is 2.38. The van der Waals surface area contributed by atoms with Crippen molar-refractivity contribution in [2.45, 2.75) is 46.6 Å². The SMILES string of the molecule is Cc1c(C(=O)N[C@H](C)c2cccnc2)oc2c1C(=O)CC(C)(C)C2. The van der Waals surface area contributed by atoms with Crippen LogP contribution in [0.3, 0.4) is 0 Å². The summed E-state index contributed by atoms with van der Waals surface area (Å²) in [7, 11) is 0. The van der Waals surface area contributed by atoms with Gasteiger partial charge >= 0.3 is 0 Å². The number of amides is 1. The fraction of sp³-hybridized carbons (Fsp3) is 0.421. The molecule has 1 aliphatic carbocycles. The van der Waals surface area contributed by atoms with Gasteiger partial charge in [0.15, 0.2) is 11.5 Å². The smallest absolute Gasteiger partial charge is 0.287 e. The molecule has 0 saturated heterocycles. The summed E-state index contributed by atoms with van der Waals surface area (Å²) in [5.41, 5.74) is 2.01. The Labute approximate surface area is 141 Å². The maximum absolute atomic E-state index is 12.6. The van der Waals surface area contributed by atoms with Crippen LogP contribution in [-0.2, 0) is 6.42 Å². The van der Waals surface area contributed by atoms with E-state index in [1.54, 1.807) is 19.3 Å². The predicted molar refractivity (Wildman–Crippen MR) is 90.0 cm³/mol. The maximum Gasteiger partial charge on any atom is 0.287 e. The highest BCUT2D eigenvalue weighted by atomic mass is 16.4. The van der Waals surface area contributed by atoms with Crippen molar-refractivity contribution in [2.24, 2.45) is 5.41 Å². The standard InChI is InChI=1S/C19H22N2O3/c1-11-16-14(22)8-19(3,4)9-15(16)24-17(11)18(23)21-12(2)13-6-5-7-20-10-13/h5-7,10,12H,8-9H2,1-4H3,(H,21,23)/t12-/m1/s1. The number of nitrogens with zero attached hydrogens (tertiary/aromatic N) is 1. The minimum absolute atomic E-state index is 0.0573. The van der Waals surface area contributed by atoms with Gasteiger partial charge in [0.2, 0.25) is 0 Å². The van der Waals surface area contributed by atoms with Gasteiger partial charge in [-0.15, -0.1) is 0 Å². The Balaban J connectivity index is 1.86. The van der Waals surface area contributed by atoms with Gasteiger partial charge in [0.25, 0.3) is 5.91 Å². The number of hydrogen-bond donors (Lipinski definition) is 1. The molecule has 0 unspecified atom stereocenters. The number of Topliss-reactive ketones (excluding diaryl/α,β-unsaturated/α-hetero) is 1. The molecule has 0 aromatic carbocycles. The molecule has 5 nitrogen and oxygen atoms in total. The molecule has 0 radical (unpaired) electrons. The monoisotopic (exact) mass is 326 g/mol. The number of pyridine rings is 1. The van der Waals surface area contributed by atoms with Crippen LogP contribution in [0.2, 0.25) is 0 Å². The van der Waals surface area contributed by atoms with Crippen LogP contribution in [0.15, 0.2) is 28.9 Å². The molecular weight excluding hydrogens is 304 g/mol. The van der Waals surface area contributed by atoms with Crippen molar-refractivity contribution < 1.29 is 14.0 Å². The molecule has 2 heterocycles. The van der Waals surface area contributed by atoms with E-state index in [9.17, 15) is 9.59 Å². The van der Waals surface area contributed by atoms with E-state index in [2.05, 4.69) is 10.3 Å². The Hall–Kier alpha value is -2.43. The van der Waals surface area contributed by atoms with E-state index in [-0.39, 0.29) is 28.9 Å². The Morgan fingerprint density at radius 1 is 1.38 bits per heavy atom. The van der Waals surface area contributed by atoms with E-state index in [0.29, 0.717) is 29.7 Å². The second-order valence-electron chi connectivity index (χ2n) is 7.28. The number of nitrogens with one attached hydrogen (secondary N) is 1. The van der Waals surface area contributed by atoms with Gasteiger partial charge in [-0.2, -0.15) is 0 Å². The van der Waals surface area contributed by atoms with Crippen LogP contribution in [-0.4, -0.2) is 16.7 Å². The summed E-state index contributed by atoms with van der Waals surface area (Å²) in [4.78, 5) is 29.1. The lowest BCUT2D eigenvalue weighted by Crippen LogP contribution is -2.27. The highest BCUT2D eigenvalue weighted by molar-refractivity contribution is 6.03. The molecule has 2 aromatic rings. The summed E-state index contributed by atoms with van der Waals surface area (Å²) in [5.74, 6) is 0.625. The first-order chi connectivity index (χ1) is 11.3. The molecule has 126 valence electrons. The highest BCUT2D eigenvalue weighted by Gasteiger charge is 2.37. The lowest BCUT2D eigenvalue weighted by atomic mass is 9.76. The molecule has 3 rings (SSSR count). The molecule has 2 aromatic heterocycles. The molecular formula is C19H22N2O3. The molecule has 0 aliphatic heterocycles. The minimum Gasteiger partial charge on any atom is -0.455 e.